The van der Waals surface area contributed by atoms with Crippen LogP contribution in [0.5, 0.6) is 0 Å². The highest BCUT2D eigenvalue weighted by Crippen LogP contribution is 2.18. The molecule has 114 valence electrons. The number of hydrogen-bond donors (Lipinski definition) is 1. The summed E-state index contributed by atoms with van der Waals surface area (Å²) in [6.45, 7) is 8.21. The van der Waals surface area contributed by atoms with Crippen LogP contribution in [0.3, 0.4) is 0 Å². The fraction of sp³-hybridized carbons (Fsp3) is 0.333. The van der Waals surface area contributed by atoms with E-state index >= 15 is 0 Å². The van der Waals surface area contributed by atoms with Gasteiger partial charge in [0.15, 0.2) is 0 Å². The number of rotatable bonds is 5. The Balaban J connectivity index is 1.79. The quantitative estimate of drug-likeness (QED) is 0.628. The first-order valence-electron chi connectivity index (χ1n) is 7.91. The molecule has 0 amide bonds. The van der Waals surface area contributed by atoms with Gasteiger partial charge in [0.05, 0.1) is 0 Å². The first-order valence-corrected chi connectivity index (χ1v) is 7.91. The molecule has 0 spiro atoms. The Kier molecular flexibility index (Phi) is 5.81. The summed E-state index contributed by atoms with van der Waals surface area (Å²) >= 11 is 0. The van der Waals surface area contributed by atoms with Gasteiger partial charge in [0, 0.05) is 12.0 Å². The normalized spacial score (nSPS) is 11.6. The Hall–Kier alpha value is -2.04. The van der Waals surface area contributed by atoms with Gasteiger partial charge in [-0.05, 0) is 56.1 Å². The van der Waals surface area contributed by atoms with Crippen molar-refractivity contribution >= 4 is 10.8 Å². The standard InChI is InChI=1S/C21H25N/c1-21(2,3)15-7-4-8-16-22-17-14-19-12-9-11-18-10-5-6-13-20(18)19/h4-6,8-13,22H,14,16-17H2,1-3H3. The third-order valence-corrected chi connectivity index (χ3v) is 3.36. The summed E-state index contributed by atoms with van der Waals surface area (Å²) in [4.78, 5) is 0. The number of nitrogens with one attached hydrogen (secondary N) is 1. The lowest BCUT2D eigenvalue weighted by Gasteiger charge is -2.07. The van der Waals surface area contributed by atoms with Crippen molar-refractivity contribution in [3.63, 3.8) is 0 Å². The molecule has 2 rings (SSSR count). The highest BCUT2D eigenvalue weighted by Gasteiger charge is 2.02. The zero-order valence-corrected chi connectivity index (χ0v) is 13.8. The van der Waals surface area contributed by atoms with Gasteiger partial charge in [0.2, 0.25) is 0 Å². The van der Waals surface area contributed by atoms with Crippen LogP contribution in [-0.4, -0.2) is 13.1 Å². The molecule has 0 aliphatic heterocycles. The number of benzene rings is 2. The molecule has 0 bridgehead atoms. The van der Waals surface area contributed by atoms with E-state index in [1.54, 1.807) is 0 Å². The molecular weight excluding hydrogens is 266 g/mol. The molecule has 1 N–H and O–H groups in total. The van der Waals surface area contributed by atoms with Crippen molar-refractivity contribution in [2.45, 2.75) is 27.2 Å². The van der Waals surface area contributed by atoms with Crippen molar-refractivity contribution in [1.82, 2.24) is 5.32 Å². The topological polar surface area (TPSA) is 12.0 Å². The SMILES string of the molecule is CC(C)(C)C#CC=CCNCCc1cccc2ccccc12. The average molecular weight is 291 g/mol. The van der Waals surface area contributed by atoms with E-state index in [9.17, 15) is 0 Å². The van der Waals surface area contributed by atoms with Crippen molar-refractivity contribution in [2.75, 3.05) is 13.1 Å². The number of allylic oxidation sites excluding steroid dienone is 1. The Morgan fingerprint density at radius 3 is 2.64 bits per heavy atom. The predicted octanol–water partition coefficient (Wildman–Crippen LogP) is 4.58. The lowest BCUT2D eigenvalue weighted by molar-refractivity contribution is 0.571. The zero-order valence-electron chi connectivity index (χ0n) is 13.8. The van der Waals surface area contributed by atoms with Crippen LogP contribution in [0, 0.1) is 17.3 Å². The van der Waals surface area contributed by atoms with Crippen LogP contribution in [-0.2, 0) is 6.42 Å². The average Bonchev–Trinajstić information content (AvgIpc) is 2.49. The predicted molar refractivity (Wildman–Crippen MR) is 96.9 cm³/mol. The summed E-state index contributed by atoms with van der Waals surface area (Å²) in [6.07, 6.45) is 5.07. The van der Waals surface area contributed by atoms with Gasteiger partial charge in [-0.3, -0.25) is 0 Å². The number of fused-ring (bicyclic) bond motifs is 1. The van der Waals surface area contributed by atoms with Crippen molar-refractivity contribution in [1.29, 1.82) is 0 Å². The van der Waals surface area contributed by atoms with Crippen molar-refractivity contribution in [2.24, 2.45) is 5.41 Å². The highest BCUT2D eigenvalue weighted by atomic mass is 14.8. The van der Waals surface area contributed by atoms with Crippen molar-refractivity contribution in [3.05, 3.63) is 60.2 Å². The molecule has 22 heavy (non-hydrogen) atoms. The molecule has 0 aliphatic carbocycles. The molecule has 0 saturated heterocycles. The summed E-state index contributed by atoms with van der Waals surface area (Å²) in [5.74, 6) is 6.28. The molecule has 1 heteroatoms. The third kappa shape index (κ3) is 5.39. The fourth-order valence-corrected chi connectivity index (χ4v) is 2.29. The maximum Gasteiger partial charge on any atom is 0.0233 e. The van der Waals surface area contributed by atoms with E-state index in [0.29, 0.717) is 0 Å². The first-order chi connectivity index (χ1) is 10.6. The fourth-order valence-electron chi connectivity index (χ4n) is 2.29. The molecule has 0 saturated carbocycles. The minimum absolute atomic E-state index is 0.0755. The maximum atomic E-state index is 3.44. The summed E-state index contributed by atoms with van der Waals surface area (Å²) in [6, 6.07) is 15.1. The molecule has 0 radical (unpaired) electrons. The number of hydrogen-bond acceptors (Lipinski definition) is 1. The summed E-state index contributed by atoms with van der Waals surface area (Å²) in [5.41, 5.74) is 1.48. The van der Waals surface area contributed by atoms with Crippen LogP contribution in [0.15, 0.2) is 54.6 Å². The Bertz CT molecular complexity index is 688. The van der Waals surface area contributed by atoms with E-state index in [0.717, 1.165) is 19.5 Å². The van der Waals surface area contributed by atoms with Crippen LogP contribution < -0.4 is 5.32 Å². The van der Waals surface area contributed by atoms with E-state index in [-0.39, 0.29) is 5.41 Å². The Morgan fingerprint density at radius 2 is 1.82 bits per heavy atom. The Labute approximate surface area is 134 Å². The van der Waals surface area contributed by atoms with Crippen LogP contribution >= 0.6 is 0 Å². The lowest BCUT2D eigenvalue weighted by Crippen LogP contribution is -2.17. The molecule has 2 aromatic carbocycles. The largest absolute Gasteiger partial charge is 0.313 e. The molecule has 2 aromatic rings. The van der Waals surface area contributed by atoms with Gasteiger partial charge >= 0.3 is 0 Å². The third-order valence-electron chi connectivity index (χ3n) is 3.36. The van der Waals surface area contributed by atoms with Crippen LogP contribution in [0.2, 0.25) is 0 Å². The van der Waals surface area contributed by atoms with Crippen LogP contribution in [0.4, 0.5) is 0 Å². The van der Waals surface area contributed by atoms with Gasteiger partial charge in [-0.1, -0.05) is 60.4 Å². The van der Waals surface area contributed by atoms with Crippen LogP contribution in [0.25, 0.3) is 10.8 Å². The van der Waals surface area contributed by atoms with Gasteiger partial charge in [-0.2, -0.15) is 0 Å². The van der Waals surface area contributed by atoms with E-state index in [1.807, 2.05) is 6.08 Å². The molecule has 0 heterocycles. The van der Waals surface area contributed by atoms with Crippen LogP contribution in [0.1, 0.15) is 26.3 Å². The second kappa shape index (κ2) is 7.82. The molecule has 0 unspecified atom stereocenters. The lowest BCUT2D eigenvalue weighted by atomic mass is 9.98. The minimum atomic E-state index is 0.0755. The smallest absolute Gasteiger partial charge is 0.0233 e. The maximum absolute atomic E-state index is 3.44. The van der Waals surface area contributed by atoms with Gasteiger partial charge in [-0.25, -0.2) is 0 Å². The monoisotopic (exact) mass is 291 g/mol. The van der Waals surface area contributed by atoms with E-state index in [4.69, 9.17) is 0 Å². The Morgan fingerprint density at radius 1 is 1.05 bits per heavy atom. The zero-order chi connectivity index (χ0) is 15.8. The minimum Gasteiger partial charge on any atom is -0.313 e. The van der Waals surface area contributed by atoms with Gasteiger partial charge in [0.25, 0.3) is 0 Å². The molecule has 0 atom stereocenters. The van der Waals surface area contributed by atoms with Gasteiger partial charge in [0.1, 0.15) is 0 Å². The van der Waals surface area contributed by atoms with E-state index in [2.05, 4.69) is 86.5 Å². The summed E-state index contributed by atoms with van der Waals surface area (Å²) in [5, 5.41) is 6.12. The second-order valence-electron chi connectivity index (χ2n) is 6.51. The van der Waals surface area contributed by atoms with E-state index in [1.165, 1.54) is 16.3 Å². The van der Waals surface area contributed by atoms with Crippen molar-refractivity contribution < 1.29 is 0 Å². The molecule has 0 aromatic heterocycles. The van der Waals surface area contributed by atoms with Crippen molar-refractivity contribution in [3.8, 4) is 11.8 Å². The molecular formula is C21H25N. The highest BCUT2D eigenvalue weighted by molar-refractivity contribution is 5.85. The molecule has 1 nitrogen and oxygen atoms in total. The van der Waals surface area contributed by atoms with E-state index < -0.39 is 0 Å². The molecule has 0 fully saturated rings. The van der Waals surface area contributed by atoms with Gasteiger partial charge < -0.3 is 5.32 Å². The summed E-state index contributed by atoms with van der Waals surface area (Å²) in [7, 11) is 0. The summed E-state index contributed by atoms with van der Waals surface area (Å²) < 4.78 is 0. The first kappa shape index (κ1) is 16.3. The van der Waals surface area contributed by atoms with Gasteiger partial charge in [-0.15, -0.1) is 0 Å². The second-order valence-corrected chi connectivity index (χ2v) is 6.51. The molecule has 0 aliphatic rings.